The van der Waals surface area contributed by atoms with Crippen molar-refractivity contribution < 1.29 is 4.74 Å². The van der Waals surface area contributed by atoms with Crippen LogP contribution in [0.25, 0.3) is 0 Å². The topological polar surface area (TPSA) is 28.1 Å². The van der Waals surface area contributed by atoms with Gasteiger partial charge in [0.2, 0.25) is 5.72 Å². The molecule has 2 aromatic rings. The van der Waals surface area contributed by atoms with E-state index in [0.29, 0.717) is 16.1 Å². The molecule has 3 heterocycles. The van der Waals surface area contributed by atoms with E-state index in [1.165, 1.54) is 5.56 Å². The number of fused-ring (bicyclic) bond motifs is 4. The van der Waals surface area contributed by atoms with Gasteiger partial charge in [-0.1, -0.05) is 45.2 Å². The smallest absolute Gasteiger partial charge is 0.200 e. The molecule has 30 heavy (non-hydrogen) atoms. The molecule has 1 fully saturated rings. The minimum Gasteiger partial charge on any atom is -0.466 e. The quantitative estimate of drug-likeness (QED) is 0.463. The lowest BCUT2D eigenvalue weighted by Gasteiger charge is -2.51. The highest BCUT2D eigenvalue weighted by Crippen LogP contribution is 2.51. The third-order valence-electron chi connectivity index (χ3n) is 6.51. The predicted molar refractivity (Wildman–Crippen MR) is 126 cm³/mol. The Labute approximate surface area is 195 Å². The van der Waals surface area contributed by atoms with Crippen LogP contribution in [0.2, 0.25) is 10.0 Å². The standard InChI is InChI=1S/C23H24BrCl2N3O/c1-14(2)28-9-7-23(8-10-28)29-21(18-11-15(24)3-6-22(18)30-23)13-20(27-29)17-5-4-16(25)12-19(17)26/h3-6,11-12,14,21H,7-10,13H2,1-2H3/t21-/m1/s1. The van der Waals surface area contributed by atoms with E-state index in [-0.39, 0.29) is 6.04 Å². The molecule has 3 aliphatic rings. The third kappa shape index (κ3) is 3.44. The SMILES string of the molecule is CC(C)N1CCC2(CC1)Oc1ccc(Br)cc1[C@H]1CC(c3ccc(Cl)cc3Cl)=NN12. The average Bonchev–Trinajstić information content (AvgIpc) is 3.15. The van der Waals surface area contributed by atoms with Crippen molar-refractivity contribution in [3.8, 4) is 5.75 Å². The summed E-state index contributed by atoms with van der Waals surface area (Å²) in [6.07, 6.45) is 2.63. The van der Waals surface area contributed by atoms with Crippen LogP contribution in [0.1, 0.15) is 50.3 Å². The Morgan fingerprint density at radius 3 is 2.60 bits per heavy atom. The normalized spacial score (nSPS) is 22.7. The van der Waals surface area contributed by atoms with Crippen LogP contribution in [-0.4, -0.2) is 40.5 Å². The number of benzene rings is 2. The Morgan fingerprint density at radius 1 is 1.13 bits per heavy atom. The summed E-state index contributed by atoms with van der Waals surface area (Å²) < 4.78 is 7.76. The molecule has 0 aromatic heterocycles. The first kappa shape index (κ1) is 20.6. The Bertz CT molecular complexity index is 1020. The van der Waals surface area contributed by atoms with Crippen LogP contribution in [0.3, 0.4) is 0 Å². The summed E-state index contributed by atoms with van der Waals surface area (Å²) in [6.45, 7) is 6.51. The van der Waals surface area contributed by atoms with E-state index in [4.69, 9.17) is 33.0 Å². The van der Waals surface area contributed by atoms with Crippen molar-refractivity contribution in [1.29, 1.82) is 0 Å². The molecule has 1 spiro atoms. The maximum atomic E-state index is 6.71. The van der Waals surface area contributed by atoms with Gasteiger partial charge < -0.3 is 9.64 Å². The molecular formula is C23H24BrCl2N3O. The van der Waals surface area contributed by atoms with Crippen LogP contribution in [0.4, 0.5) is 0 Å². The number of piperidine rings is 1. The van der Waals surface area contributed by atoms with Crippen LogP contribution >= 0.6 is 39.1 Å². The van der Waals surface area contributed by atoms with E-state index in [9.17, 15) is 0 Å². The second-order valence-electron chi connectivity index (χ2n) is 8.60. The van der Waals surface area contributed by atoms with Gasteiger partial charge in [-0.25, -0.2) is 5.01 Å². The van der Waals surface area contributed by atoms with Crippen molar-refractivity contribution >= 4 is 44.8 Å². The second kappa shape index (κ2) is 7.70. The van der Waals surface area contributed by atoms with E-state index in [2.05, 4.69) is 57.9 Å². The maximum absolute atomic E-state index is 6.71. The molecule has 0 saturated carbocycles. The summed E-state index contributed by atoms with van der Waals surface area (Å²) in [5.41, 5.74) is 2.69. The molecule has 0 aliphatic carbocycles. The Hall–Kier alpha value is -1.27. The monoisotopic (exact) mass is 507 g/mol. The molecule has 5 rings (SSSR count). The number of ether oxygens (including phenoxy) is 1. The van der Waals surface area contributed by atoms with Crippen molar-refractivity contribution in [2.75, 3.05) is 13.1 Å². The molecule has 0 amide bonds. The number of hydrogen-bond donors (Lipinski definition) is 0. The van der Waals surface area contributed by atoms with Gasteiger partial charge in [0.05, 0.1) is 16.8 Å². The van der Waals surface area contributed by atoms with Gasteiger partial charge in [0.25, 0.3) is 0 Å². The van der Waals surface area contributed by atoms with Gasteiger partial charge in [-0.15, -0.1) is 0 Å². The summed E-state index contributed by atoms with van der Waals surface area (Å²) in [7, 11) is 0. The van der Waals surface area contributed by atoms with E-state index in [1.807, 2.05) is 12.1 Å². The largest absolute Gasteiger partial charge is 0.466 e. The molecule has 1 atom stereocenters. The fourth-order valence-corrected chi connectivity index (χ4v) is 5.76. The van der Waals surface area contributed by atoms with Crippen molar-refractivity contribution in [3.63, 3.8) is 0 Å². The fourth-order valence-electron chi connectivity index (χ4n) is 4.86. The Balaban J connectivity index is 1.56. The van der Waals surface area contributed by atoms with Crippen molar-refractivity contribution in [1.82, 2.24) is 9.91 Å². The zero-order chi connectivity index (χ0) is 21.0. The van der Waals surface area contributed by atoms with Crippen LogP contribution < -0.4 is 4.74 Å². The van der Waals surface area contributed by atoms with Crippen LogP contribution in [0.15, 0.2) is 46.0 Å². The van der Waals surface area contributed by atoms with Crippen molar-refractivity contribution in [2.24, 2.45) is 5.10 Å². The zero-order valence-electron chi connectivity index (χ0n) is 17.0. The summed E-state index contributed by atoms with van der Waals surface area (Å²) in [5, 5.41) is 8.61. The van der Waals surface area contributed by atoms with Crippen molar-refractivity contribution in [2.45, 2.75) is 50.9 Å². The molecule has 158 valence electrons. The Morgan fingerprint density at radius 2 is 1.90 bits per heavy atom. The van der Waals surface area contributed by atoms with Gasteiger partial charge in [-0.05, 0) is 44.2 Å². The highest BCUT2D eigenvalue weighted by molar-refractivity contribution is 9.10. The van der Waals surface area contributed by atoms with E-state index in [0.717, 1.165) is 53.8 Å². The molecular weight excluding hydrogens is 485 g/mol. The summed E-state index contributed by atoms with van der Waals surface area (Å²) in [4.78, 5) is 2.51. The third-order valence-corrected chi connectivity index (χ3v) is 7.55. The number of hydrogen-bond acceptors (Lipinski definition) is 4. The van der Waals surface area contributed by atoms with E-state index in [1.54, 1.807) is 6.07 Å². The minimum absolute atomic E-state index is 0.138. The van der Waals surface area contributed by atoms with Gasteiger partial charge in [-0.2, -0.15) is 5.10 Å². The van der Waals surface area contributed by atoms with E-state index >= 15 is 0 Å². The van der Waals surface area contributed by atoms with Gasteiger partial charge >= 0.3 is 0 Å². The van der Waals surface area contributed by atoms with Crippen LogP contribution in [0, 0.1) is 0 Å². The van der Waals surface area contributed by atoms with Gasteiger partial charge in [0.1, 0.15) is 5.75 Å². The summed E-state index contributed by atoms with van der Waals surface area (Å²) >= 11 is 16.3. The molecule has 0 unspecified atom stereocenters. The minimum atomic E-state index is -0.419. The number of likely N-dealkylation sites (tertiary alicyclic amines) is 1. The number of rotatable bonds is 2. The highest BCUT2D eigenvalue weighted by atomic mass is 79.9. The molecule has 3 aliphatic heterocycles. The predicted octanol–water partition coefficient (Wildman–Crippen LogP) is 6.50. The van der Waals surface area contributed by atoms with Gasteiger partial charge in [-0.3, -0.25) is 0 Å². The number of halogens is 3. The lowest BCUT2D eigenvalue weighted by Crippen LogP contribution is -2.59. The van der Waals surface area contributed by atoms with Crippen LogP contribution in [0.5, 0.6) is 5.75 Å². The summed E-state index contributed by atoms with van der Waals surface area (Å²) in [5.74, 6) is 0.969. The van der Waals surface area contributed by atoms with Gasteiger partial charge in [0.15, 0.2) is 0 Å². The first-order valence-corrected chi connectivity index (χ1v) is 12.0. The summed E-state index contributed by atoms with van der Waals surface area (Å²) in [6, 6.07) is 12.6. The number of hydrazone groups is 1. The molecule has 1 saturated heterocycles. The lowest BCUT2D eigenvalue weighted by atomic mass is 9.90. The van der Waals surface area contributed by atoms with Gasteiger partial charge in [0, 0.05) is 59.0 Å². The van der Waals surface area contributed by atoms with Crippen LogP contribution in [-0.2, 0) is 0 Å². The van der Waals surface area contributed by atoms with E-state index < -0.39 is 5.72 Å². The fraction of sp³-hybridized carbons (Fsp3) is 0.435. The molecule has 2 aromatic carbocycles. The Kier molecular flexibility index (Phi) is 5.29. The maximum Gasteiger partial charge on any atom is 0.200 e. The second-order valence-corrected chi connectivity index (χ2v) is 10.4. The van der Waals surface area contributed by atoms with Crippen molar-refractivity contribution in [3.05, 3.63) is 62.0 Å². The molecule has 7 heteroatoms. The first-order valence-electron chi connectivity index (χ1n) is 10.4. The molecule has 0 bridgehead atoms. The zero-order valence-corrected chi connectivity index (χ0v) is 20.1. The molecule has 0 radical (unpaired) electrons. The molecule has 4 nitrogen and oxygen atoms in total. The lowest BCUT2D eigenvalue weighted by molar-refractivity contribution is -0.152. The first-order chi connectivity index (χ1) is 14.4. The highest BCUT2D eigenvalue weighted by Gasteiger charge is 2.52. The average molecular weight is 509 g/mol. The molecule has 0 N–H and O–H groups in total. The number of nitrogens with zero attached hydrogens (tertiary/aromatic N) is 3.